The van der Waals surface area contributed by atoms with E-state index < -0.39 is 0 Å². The van der Waals surface area contributed by atoms with E-state index in [0.717, 1.165) is 54.2 Å². The van der Waals surface area contributed by atoms with Crippen molar-refractivity contribution in [2.45, 2.75) is 45.3 Å². The van der Waals surface area contributed by atoms with Gasteiger partial charge >= 0.3 is 0 Å². The van der Waals surface area contributed by atoms with Gasteiger partial charge in [0.2, 0.25) is 5.91 Å². The minimum atomic E-state index is -0.108. The van der Waals surface area contributed by atoms with Crippen molar-refractivity contribution in [3.63, 3.8) is 0 Å². The van der Waals surface area contributed by atoms with Crippen LogP contribution in [0, 0.1) is 0 Å². The van der Waals surface area contributed by atoms with Crippen molar-refractivity contribution in [2.24, 2.45) is 0 Å². The third kappa shape index (κ3) is 5.62. The molecule has 0 radical (unpaired) electrons. The number of hydrogen-bond donors (Lipinski definition) is 3. The highest BCUT2D eigenvalue weighted by Gasteiger charge is 2.20. The lowest BCUT2D eigenvalue weighted by atomic mass is 10.0. The van der Waals surface area contributed by atoms with Crippen molar-refractivity contribution in [1.29, 1.82) is 0 Å². The summed E-state index contributed by atoms with van der Waals surface area (Å²) in [6, 6.07) is 17.2. The van der Waals surface area contributed by atoms with Crippen LogP contribution >= 0.6 is 0 Å². The molecule has 7 nitrogen and oxygen atoms in total. The topological polar surface area (TPSA) is 88.2 Å². The summed E-state index contributed by atoms with van der Waals surface area (Å²) in [6.07, 6.45) is 4.71. The van der Waals surface area contributed by atoms with E-state index in [9.17, 15) is 4.79 Å². The molecule has 0 unspecified atom stereocenters. The predicted octanol–water partition coefficient (Wildman–Crippen LogP) is 4.76. The number of ether oxygens (including phenoxy) is 1. The number of carbonyl (C=O) groups is 1. The number of nitrogens with one attached hydrogen (secondary N) is 3. The second-order valence-corrected chi connectivity index (χ2v) is 8.15. The summed E-state index contributed by atoms with van der Waals surface area (Å²) in [5.41, 5.74) is 3.34. The molecule has 32 heavy (non-hydrogen) atoms. The molecular weight excluding hydrogens is 402 g/mol. The molecule has 166 valence electrons. The largest absolute Gasteiger partial charge is 0.490 e. The van der Waals surface area contributed by atoms with Crippen LogP contribution in [-0.4, -0.2) is 34.6 Å². The van der Waals surface area contributed by atoms with Gasteiger partial charge < -0.3 is 20.7 Å². The lowest BCUT2D eigenvalue weighted by molar-refractivity contribution is -0.118. The molecule has 3 N–H and O–H groups in total. The van der Waals surface area contributed by atoms with Gasteiger partial charge in [-0.05, 0) is 69.6 Å². The maximum Gasteiger partial charge on any atom is 0.241 e. The van der Waals surface area contributed by atoms with Crippen molar-refractivity contribution >= 4 is 23.1 Å². The molecule has 1 aliphatic heterocycles. The number of aromatic nitrogens is 2. The van der Waals surface area contributed by atoms with Gasteiger partial charge in [-0.3, -0.25) is 4.79 Å². The molecule has 0 saturated carbocycles. The fourth-order valence-corrected chi connectivity index (χ4v) is 3.70. The zero-order valence-electron chi connectivity index (χ0n) is 18.5. The number of nitrogens with zero attached hydrogens (tertiary/aromatic N) is 2. The number of anilines is 3. The van der Waals surface area contributed by atoms with E-state index >= 15 is 0 Å². The molecule has 1 aliphatic rings. The Morgan fingerprint density at radius 2 is 1.84 bits per heavy atom. The zero-order valence-corrected chi connectivity index (χ0v) is 18.5. The van der Waals surface area contributed by atoms with Crippen LogP contribution in [-0.2, 0) is 4.79 Å². The Hall–Kier alpha value is -3.45. The Kier molecular flexibility index (Phi) is 6.97. The van der Waals surface area contributed by atoms with Crippen molar-refractivity contribution in [2.75, 3.05) is 17.2 Å². The third-order valence-electron chi connectivity index (χ3n) is 5.24. The van der Waals surface area contributed by atoms with E-state index in [1.807, 2.05) is 68.4 Å². The molecule has 0 spiro atoms. The van der Waals surface area contributed by atoms with Crippen LogP contribution < -0.4 is 20.7 Å². The molecule has 1 saturated heterocycles. The molecule has 1 amide bonds. The van der Waals surface area contributed by atoms with E-state index in [0.29, 0.717) is 5.82 Å². The van der Waals surface area contributed by atoms with Crippen molar-refractivity contribution in [3.05, 3.63) is 60.9 Å². The number of hydrogen-bond acceptors (Lipinski definition) is 6. The number of piperidine rings is 1. The summed E-state index contributed by atoms with van der Waals surface area (Å²) in [5.74, 6) is 1.49. The van der Waals surface area contributed by atoms with Crippen LogP contribution in [0.15, 0.2) is 60.9 Å². The molecule has 0 bridgehead atoms. The fraction of sp³-hybridized carbons (Fsp3) is 0.320. The van der Waals surface area contributed by atoms with Gasteiger partial charge in [0.1, 0.15) is 17.9 Å². The van der Waals surface area contributed by atoms with E-state index in [1.165, 1.54) is 6.33 Å². The first kappa shape index (κ1) is 21.8. The maximum absolute atomic E-state index is 12.4. The molecule has 3 aromatic rings. The van der Waals surface area contributed by atoms with Gasteiger partial charge in [-0.15, -0.1) is 0 Å². The van der Waals surface area contributed by atoms with Gasteiger partial charge in [-0.2, -0.15) is 0 Å². The normalized spacial score (nSPS) is 15.9. The van der Waals surface area contributed by atoms with Crippen molar-refractivity contribution in [3.8, 4) is 17.0 Å². The Morgan fingerprint density at radius 3 is 2.59 bits per heavy atom. The monoisotopic (exact) mass is 431 g/mol. The predicted molar refractivity (Wildman–Crippen MR) is 127 cm³/mol. The highest BCUT2D eigenvalue weighted by Crippen LogP contribution is 2.30. The molecule has 2 heterocycles. The lowest BCUT2D eigenvalue weighted by Gasteiger charge is -2.22. The van der Waals surface area contributed by atoms with E-state index in [-0.39, 0.29) is 18.1 Å². The highest BCUT2D eigenvalue weighted by molar-refractivity contribution is 5.95. The summed E-state index contributed by atoms with van der Waals surface area (Å²) in [7, 11) is 0. The van der Waals surface area contributed by atoms with Crippen molar-refractivity contribution in [1.82, 2.24) is 15.3 Å². The first-order valence-corrected chi connectivity index (χ1v) is 11.1. The van der Waals surface area contributed by atoms with Gasteiger partial charge in [0.15, 0.2) is 0 Å². The molecule has 2 aromatic carbocycles. The first-order valence-electron chi connectivity index (χ1n) is 11.1. The highest BCUT2D eigenvalue weighted by atomic mass is 16.5. The minimum Gasteiger partial charge on any atom is -0.490 e. The number of amides is 1. The summed E-state index contributed by atoms with van der Waals surface area (Å²) in [5, 5.41) is 9.56. The average molecular weight is 432 g/mol. The van der Waals surface area contributed by atoms with Gasteiger partial charge in [-0.25, -0.2) is 9.97 Å². The van der Waals surface area contributed by atoms with E-state index in [1.54, 1.807) is 0 Å². The van der Waals surface area contributed by atoms with Gasteiger partial charge in [-0.1, -0.05) is 18.6 Å². The SMILES string of the molecule is CC(C)Oc1ccccc1-c1cc(Nc2ccc(NC(=O)[C@@H]3CCCCN3)cc2)ncn1. The first-order chi connectivity index (χ1) is 15.6. The molecule has 1 fully saturated rings. The second kappa shape index (κ2) is 10.2. The number of para-hydroxylation sites is 1. The molecular formula is C25H29N5O2. The summed E-state index contributed by atoms with van der Waals surface area (Å²) >= 11 is 0. The quantitative estimate of drug-likeness (QED) is 0.500. The van der Waals surface area contributed by atoms with Gasteiger partial charge in [0, 0.05) is 23.0 Å². The second-order valence-electron chi connectivity index (χ2n) is 8.15. The summed E-state index contributed by atoms with van der Waals surface area (Å²) in [4.78, 5) is 21.2. The Bertz CT molecular complexity index is 1050. The molecule has 0 aliphatic carbocycles. The Balaban J connectivity index is 1.43. The average Bonchev–Trinajstić information content (AvgIpc) is 2.81. The van der Waals surface area contributed by atoms with E-state index in [2.05, 4.69) is 25.9 Å². The molecule has 4 rings (SSSR count). The van der Waals surface area contributed by atoms with Crippen molar-refractivity contribution < 1.29 is 9.53 Å². The molecule has 7 heteroatoms. The summed E-state index contributed by atoms with van der Waals surface area (Å²) < 4.78 is 5.93. The Labute approximate surface area is 188 Å². The van der Waals surface area contributed by atoms with Crippen LogP contribution in [0.4, 0.5) is 17.2 Å². The maximum atomic E-state index is 12.4. The third-order valence-corrected chi connectivity index (χ3v) is 5.24. The number of benzene rings is 2. The Morgan fingerprint density at radius 1 is 1.06 bits per heavy atom. The zero-order chi connectivity index (χ0) is 22.3. The van der Waals surface area contributed by atoms with Crippen LogP contribution in [0.2, 0.25) is 0 Å². The molecule has 1 atom stereocenters. The summed E-state index contributed by atoms with van der Waals surface area (Å²) in [6.45, 7) is 4.90. The van der Waals surface area contributed by atoms with Gasteiger partial charge in [0.05, 0.1) is 17.8 Å². The minimum absolute atomic E-state index is 0.0214. The molecule has 1 aromatic heterocycles. The van der Waals surface area contributed by atoms with Gasteiger partial charge in [0.25, 0.3) is 0 Å². The lowest BCUT2D eigenvalue weighted by Crippen LogP contribution is -2.43. The van der Waals surface area contributed by atoms with Crippen LogP contribution in [0.1, 0.15) is 33.1 Å². The fourth-order valence-electron chi connectivity index (χ4n) is 3.70. The number of rotatable bonds is 7. The van der Waals surface area contributed by atoms with Crippen LogP contribution in [0.5, 0.6) is 5.75 Å². The van der Waals surface area contributed by atoms with Crippen LogP contribution in [0.25, 0.3) is 11.3 Å². The van der Waals surface area contributed by atoms with E-state index in [4.69, 9.17) is 4.74 Å². The standard InChI is InChI=1S/C25H29N5O2/c1-17(2)32-23-9-4-3-7-20(23)22-15-24(28-16-27-22)29-18-10-12-19(13-11-18)30-25(31)21-8-5-6-14-26-21/h3-4,7,9-13,15-17,21,26H,5-6,8,14H2,1-2H3,(H,30,31)(H,27,28,29)/t21-/m0/s1. The smallest absolute Gasteiger partial charge is 0.241 e. The van der Waals surface area contributed by atoms with Crippen LogP contribution in [0.3, 0.4) is 0 Å². The number of carbonyl (C=O) groups excluding carboxylic acids is 1.